The zero-order chi connectivity index (χ0) is 21.0. The molecule has 154 valence electrons. The molecule has 0 atom stereocenters. The Balaban J connectivity index is 1.76. The first kappa shape index (κ1) is 18.9. The highest BCUT2D eigenvalue weighted by molar-refractivity contribution is 6.29. The van der Waals surface area contributed by atoms with Gasteiger partial charge in [-0.25, -0.2) is 14.3 Å². The lowest BCUT2D eigenvalue weighted by Crippen LogP contribution is -2.05. The van der Waals surface area contributed by atoms with Crippen LogP contribution in [0.3, 0.4) is 0 Å². The first-order valence-electron chi connectivity index (χ1n) is 9.81. The molecule has 0 amide bonds. The standard InChI is InChI=1S/C22H21ClN4O3/c1-12-19(25-27-11-15(22(28)30-3)9-17(29-2)20(12)27)16-8-14-6-7-18(23)24-21(14)26(16)10-13-4-5-13/h6-9,11,13H,4-5,10H2,1-3H3. The van der Waals surface area contributed by atoms with E-state index in [0.29, 0.717) is 22.4 Å². The third kappa shape index (κ3) is 3.01. The topological polar surface area (TPSA) is 70.7 Å². The van der Waals surface area contributed by atoms with Crippen molar-refractivity contribution in [2.24, 2.45) is 5.92 Å². The number of hydrogen-bond donors (Lipinski definition) is 0. The van der Waals surface area contributed by atoms with Crippen molar-refractivity contribution in [1.29, 1.82) is 0 Å². The van der Waals surface area contributed by atoms with Crippen molar-refractivity contribution in [3.8, 4) is 17.1 Å². The summed E-state index contributed by atoms with van der Waals surface area (Å²) < 4.78 is 14.3. The van der Waals surface area contributed by atoms with Gasteiger partial charge in [-0.15, -0.1) is 0 Å². The SMILES string of the molecule is COC(=O)c1cc(OC)c2c(C)c(-c3cc4ccc(Cl)nc4n3CC3CC3)nn2c1. The number of hydrogen-bond acceptors (Lipinski definition) is 5. The molecule has 0 aromatic carbocycles. The highest BCUT2D eigenvalue weighted by Gasteiger charge is 2.27. The van der Waals surface area contributed by atoms with Crippen molar-refractivity contribution in [2.75, 3.05) is 14.2 Å². The van der Waals surface area contributed by atoms with Crippen LogP contribution in [0.25, 0.3) is 27.9 Å². The van der Waals surface area contributed by atoms with Gasteiger partial charge in [0.2, 0.25) is 0 Å². The summed E-state index contributed by atoms with van der Waals surface area (Å²) in [6.07, 6.45) is 4.11. The van der Waals surface area contributed by atoms with Crippen molar-refractivity contribution < 1.29 is 14.3 Å². The number of halogens is 1. The van der Waals surface area contributed by atoms with Crippen LogP contribution in [-0.4, -0.2) is 39.4 Å². The highest BCUT2D eigenvalue weighted by atomic mass is 35.5. The molecule has 0 aliphatic heterocycles. The van der Waals surface area contributed by atoms with Crippen LogP contribution in [0.1, 0.15) is 28.8 Å². The van der Waals surface area contributed by atoms with E-state index in [1.54, 1.807) is 30.0 Å². The second-order valence-electron chi connectivity index (χ2n) is 7.69. The maximum Gasteiger partial charge on any atom is 0.339 e. The number of esters is 1. The number of nitrogens with zero attached hydrogens (tertiary/aromatic N) is 4. The molecule has 4 aromatic rings. The minimum absolute atomic E-state index is 0.378. The molecule has 1 fully saturated rings. The molecule has 4 aromatic heterocycles. The summed E-state index contributed by atoms with van der Waals surface area (Å²) in [6, 6.07) is 7.57. The largest absolute Gasteiger partial charge is 0.494 e. The second kappa shape index (κ2) is 7.02. The van der Waals surface area contributed by atoms with Gasteiger partial charge in [-0.3, -0.25) is 0 Å². The third-order valence-electron chi connectivity index (χ3n) is 5.66. The minimum Gasteiger partial charge on any atom is -0.494 e. The van der Waals surface area contributed by atoms with Crippen LogP contribution in [0.15, 0.2) is 30.5 Å². The Bertz CT molecular complexity index is 1300. The number of methoxy groups -OCH3 is 2. The lowest BCUT2D eigenvalue weighted by Gasteiger charge is -2.09. The molecule has 0 N–H and O–H groups in total. The summed E-state index contributed by atoms with van der Waals surface area (Å²) in [5.41, 5.74) is 4.83. The van der Waals surface area contributed by atoms with Gasteiger partial charge < -0.3 is 14.0 Å². The van der Waals surface area contributed by atoms with E-state index in [0.717, 1.165) is 40.0 Å². The monoisotopic (exact) mass is 424 g/mol. The molecule has 4 heterocycles. The van der Waals surface area contributed by atoms with E-state index in [2.05, 4.69) is 15.6 Å². The number of aromatic nitrogens is 4. The Morgan fingerprint density at radius 2 is 2.07 bits per heavy atom. The van der Waals surface area contributed by atoms with Gasteiger partial charge in [-0.2, -0.15) is 5.10 Å². The van der Waals surface area contributed by atoms with E-state index in [9.17, 15) is 4.79 Å². The van der Waals surface area contributed by atoms with Gasteiger partial charge in [-0.1, -0.05) is 11.6 Å². The van der Waals surface area contributed by atoms with Crippen molar-refractivity contribution in [2.45, 2.75) is 26.3 Å². The number of carbonyl (C=O) groups is 1. The Hall–Kier alpha value is -3.06. The third-order valence-corrected chi connectivity index (χ3v) is 5.87. The average Bonchev–Trinajstić information content (AvgIpc) is 3.42. The average molecular weight is 425 g/mol. The van der Waals surface area contributed by atoms with E-state index in [4.69, 9.17) is 26.2 Å². The first-order chi connectivity index (χ1) is 14.5. The van der Waals surface area contributed by atoms with Gasteiger partial charge in [0.1, 0.15) is 27.8 Å². The van der Waals surface area contributed by atoms with Crippen molar-refractivity contribution in [1.82, 2.24) is 19.2 Å². The van der Waals surface area contributed by atoms with E-state index >= 15 is 0 Å². The normalized spacial score (nSPS) is 13.9. The molecule has 0 saturated heterocycles. The van der Waals surface area contributed by atoms with Gasteiger partial charge >= 0.3 is 5.97 Å². The molecule has 0 radical (unpaired) electrons. The van der Waals surface area contributed by atoms with Crippen LogP contribution in [0, 0.1) is 12.8 Å². The molecular formula is C22H21ClN4O3. The van der Waals surface area contributed by atoms with E-state index in [-0.39, 0.29) is 0 Å². The molecule has 1 saturated carbocycles. The molecule has 8 heteroatoms. The fourth-order valence-corrected chi connectivity index (χ4v) is 4.10. The summed E-state index contributed by atoms with van der Waals surface area (Å²) in [6.45, 7) is 2.89. The van der Waals surface area contributed by atoms with Gasteiger partial charge in [0.15, 0.2) is 0 Å². The maximum atomic E-state index is 12.1. The predicted molar refractivity (Wildman–Crippen MR) is 114 cm³/mol. The van der Waals surface area contributed by atoms with E-state index in [1.165, 1.54) is 20.0 Å². The molecule has 0 unspecified atom stereocenters. The zero-order valence-corrected chi connectivity index (χ0v) is 17.7. The summed E-state index contributed by atoms with van der Waals surface area (Å²) in [4.78, 5) is 16.7. The molecule has 30 heavy (non-hydrogen) atoms. The lowest BCUT2D eigenvalue weighted by atomic mass is 10.1. The van der Waals surface area contributed by atoms with Gasteiger partial charge in [0, 0.05) is 23.7 Å². The van der Waals surface area contributed by atoms with E-state index in [1.807, 2.05) is 13.0 Å². The molecule has 0 spiro atoms. The quantitative estimate of drug-likeness (QED) is 0.348. The molecule has 1 aliphatic carbocycles. The number of pyridine rings is 2. The van der Waals surface area contributed by atoms with Gasteiger partial charge in [-0.05, 0) is 49.9 Å². The molecule has 7 nitrogen and oxygen atoms in total. The fourth-order valence-electron chi connectivity index (χ4n) is 3.96. The summed E-state index contributed by atoms with van der Waals surface area (Å²) >= 11 is 6.19. The lowest BCUT2D eigenvalue weighted by molar-refractivity contribution is 0.0599. The molecular weight excluding hydrogens is 404 g/mol. The second-order valence-corrected chi connectivity index (χ2v) is 8.07. The van der Waals surface area contributed by atoms with Crippen LogP contribution in [0.4, 0.5) is 0 Å². The Labute approximate surface area is 178 Å². The first-order valence-corrected chi connectivity index (χ1v) is 10.2. The Morgan fingerprint density at radius 1 is 1.27 bits per heavy atom. The van der Waals surface area contributed by atoms with Crippen molar-refractivity contribution in [3.05, 3.63) is 46.7 Å². The number of rotatable bonds is 5. The van der Waals surface area contributed by atoms with Crippen LogP contribution in [0.5, 0.6) is 5.75 Å². The summed E-state index contributed by atoms with van der Waals surface area (Å²) in [5, 5.41) is 6.32. The fraction of sp³-hybridized carbons (Fsp3) is 0.318. The summed E-state index contributed by atoms with van der Waals surface area (Å²) in [5.74, 6) is 0.782. The van der Waals surface area contributed by atoms with E-state index < -0.39 is 5.97 Å². The van der Waals surface area contributed by atoms with Crippen LogP contribution in [-0.2, 0) is 11.3 Å². The molecule has 1 aliphatic rings. The van der Waals surface area contributed by atoms with Crippen LogP contribution >= 0.6 is 11.6 Å². The minimum atomic E-state index is -0.438. The number of aryl methyl sites for hydroxylation is 1. The number of ether oxygens (including phenoxy) is 2. The molecule has 5 rings (SSSR count). The molecule has 0 bridgehead atoms. The van der Waals surface area contributed by atoms with Gasteiger partial charge in [0.25, 0.3) is 0 Å². The van der Waals surface area contributed by atoms with Crippen molar-refractivity contribution in [3.63, 3.8) is 0 Å². The number of fused-ring (bicyclic) bond motifs is 2. The smallest absolute Gasteiger partial charge is 0.339 e. The van der Waals surface area contributed by atoms with Crippen LogP contribution < -0.4 is 4.74 Å². The Kier molecular flexibility index (Phi) is 4.43. The maximum absolute atomic E-state index is 12.1. The van der Waals surface area contributed by atoms with Crippen LogP contribution in [0.2, 0.25) is 5.15 Å². The summed E-state index contributed by atoms with van der Waals surface area (Å²) in [7, 11) is 2.94. The number of carbonyl (C=O) groups excluding carboxylic acids is 1. The predicted octanol–water partition coefficient (Wildman–Crippen LogP) is 4.52. The Morgan fingerprint density at radius 3 is 2.77 bits per heavy atom. The van der Waals surface area contributed by atoms with Gasteiger partial charge in [0.05, 0.1) is 25.5 Å². The van der Waals surface area contributed by atoms with Crippen molar-refractivity contribution >= 4 is 34.1 Å². The zero-order valence-electron chi connectivity index (χ0n) is 17.0. The highest BCUT2D eigenvalue weighted by Crippen LogP contribution is 2.38.